The summed E-state index contributed by atoms with van der Waals surface area (Å²) in [5, 5.41) is 18.4. The van der Waals surface area contributed by atoms with Crippen molar-refractivity contribution in [2.45, 2.75) is 32.4 Å². The van der Waals surface area contributed by atoms with Crippen LogP contribution in [-0.4, -0.2) is 37.3 Å². The molecule has 1 N–H and O–H groups in total. The van der Waals surface area contributed by atoms with Gasteiger partial charge in [-0.2, -0.15) is 10.2 Å². The van der Waals surface area contributed by atoms with Crippen LogP contribution < -0.4 is 4.74 Å². The van der Waals surface area contributed by atoms with Crippen LogP contribution in [0.4, 0.5) is 13.2 Å². The van der Waals surface area contributed by atoms with Crippen LogP contribution in [0.2, 0.25) is 0 Å². The Morgan fingerprint density at radius 2 is 1.81 bits per heavy atom. The summed E-state index contributed by atoms with van der Waals surface area (Å²) in [5.41, 5.74) is 2.34. The van der Waals surface area contributed by atoms with Gasteiger partial charge in [0.2, 0.25) is 0 Å². The quantitative estimate of drug-likeness (QED) is 0.206. The van der Waals surface area contributed by atoms with E-state index >= 15 is 4.39 Å². The van der Waals surface area contributed by atoms with Crippen LogP contribution in [0.3, 0.4) is 0 Å². The summed E-state index contributed by atoms with van der Waals surface area (Å²) in [5.74, 6) is -1.66. The number of aromatic carboxylic acids is 1. The van der Waals surface area contributed by atoms with Crippen LogP contribution in [0.5, 0.6) is 6.01 Å². The maximum absolute atomic E-state index is 15.5. The van der Waals surface area contributed by atoms with Gasteiger partial charge in [0.1, 0.15) is 24.1 Å². The lowest BCUT2D eigenvalue weighted by Gasteiger charge is -2.16. The van der Waals surface area contributed by atoms with E-state index in [9.17, 15) is 18.7 Å². The van der Waals surface area contributed by atoms with Gasteiger partial charge < -0.3 is 14.4 Å². The third-order valence-electron chi connectivity index (χ3n) is 7.68. The Kier molecular flexibility index (Phi) is 7.27. The minimum absolute atomic E-state index is 0.0259. The summed E-state index contributed by atoms with van der Waals surface area (Å²) in [6.45, 7) is -0.331. The Bertz CT molecular complexity index is 1910. The van der Waals surface area contributed by atoms with Crippen molar-refractivity contribution in [2.24, 2.45) is 5.41 Å². The Balaban J connectivity index is 1.24. The van der Waals surface area contributed by atoms with Crippen molar-refractivity contribution in [1.82, 2.24) is 19.5 Å². The lowest BCUT2D eigenvalue weighted by Crippen LogP contribution is -2.16. The SMILES string of the molecule is N#Cc1ccc(COc2nccc(-c3ccc(Cc4nc5ccc(C(=O)O)cc5n4CC4(CF)CC4)c(F)c3)n2)c(F)c1. The van der Waals surface area contributed by atoms with Crippen LogP contribution in [0.1, 0.15) is 45.7 Å². The first-order chi connectivity index (χ1) is 20.8. The fourth-order valence-electron chi connectivity index (χ4n) is 4.93. The van der Waals surface area contributed by atoms with Crippen LogP contribution in [-0.2, 0) is 19.6 Å². The fourth-order valence-corrected chi connectivity index (χ4v) is 4.93. The van der Waals surface area contributed by atoms with Crippen LogP contribution in [0.25, 0.3) is 22.3 Å². The summed E-state index contributed by atoms with van der Waals surface area (Å²) in [6, 6.07) is 16.7. The van der Waals surface area contributed by atoms with Gasteiger partial charge >= 0.3 is 12.0 Å². The zero-order chi connectivity index (χ0) is 30.1. The number of aromatic nitrogens is 4. The van der Waals surface area contributed by atoms with Gasteiger partial charge in [0.15, 0.2) is 0 Å². The molecule has 0 radical (unpaired) electrons. The lowest BCUT2D eigenvalue weighted by atomic mass is 10.0. The normalized spacial score (nSPS) is 13.5. The van der Waals surface area contributed by atoms with E-state index in [0.717, 1.165) is 18.9 Å². The first kappa shape index (κ1) is 27.9. The number of benzene rings is 3. The number of imidazole rings is 1. The van der Waals surface area contributed by atoms with Crippen molar-refractivity contribution in [1.29, 1.82) is 5.26 Å². The van der Waals surface area contributed by atoms with Gasteiger partial charge in [-0.3, -0.25) is 4.39 Å². The molecule has 0 aliphatic heterocycles. The highest BCUT2D eigenvalue weighted by molar-refractivity contribution is 5.92. The van der Waals surface area contributed by atoms with Gasteiger partial charge in [0.05, 0.1) is 40.6 Å². The van der Waals surface area contributed by atoms with Crippen LogP contribution >= 0.6 is 0 Å². The maximum Gasteiger partial charge on any atom is 0.335 e. The van der Waals surface area contributed by atoms with E-state index in [1.165, 1.54) is 36.5 Å². The fraction of sp³-hybridized carbons (Fsp3) is 0.219. The monoisotopic (exact) mass is 583 g/mol. The number of hydrogen-bond donors (Lipinski definition) is 1. The number of carboxylic acid groups (broad SMARTS) is 1. The molecule has 0 unspecified atom stereocenters. The van der Waals surface area contributed by atoms with Gasteiger partial charge in [0, 0.05) is 35.7 Å². The highest BCUT2D eigenvalue weighted by atomic mass is 19.1. The predicted octanol–water partition coefficient (Wildman–Crippen LogP) is 6.26. The van der Waals surface area contributed by atoms with Crippen molar-refractivity contribution in [2.75, 3.05) is 6.67 Å². The van der Waals surface area contributed by atoms with E-state index in [-0.39, 0.29) is 35.7 Å². The number of carboxylic acids is 1. The van der Waals surface area contributed by atoms with Gasteiger partial charge in [-0.1, -0.05) is 18.2 Å². The number of ether oxygens (including phenoxy) is 1. The molecule has 0 bridgehead atoms. The van der Waals surface area contributed by atoms with Crippen molar-refractivity contribution in [3.05, 3.63) is 107 Å². The Labute approximate surface area is 244 Å². The molecule has 1 saturated carbocycles. The number of nitrogens with zero attached hydrogens (tertiary/aromatic N) is 5. The van der Waals surface area contributed by atoms with E-state index < -0.39 is 29.7 Å². The molecule has 1 aliphatic carbocycles. The van der Waals surface area contributed by atoms with Crippen LogP contribution in [0, 0.1) is 28.4 Å². The second kappa shape index (κ2) is 11.2. The molecule has 43 heavy (non-hydrogen) atoms. The topological polar surface area (TPSA) is 114 Å². The van der Waals surface area contributed by atoms with E-state index in [1.807, 2.05) is 10.6 Å². The number of carbonyl (C=O) groups is 1. The second-order valence-electron chi connectivity index (χ2n) is 10.7. The van der Waals surface area contributed by atoms with Gasteiger partial charge in [-0.25, -0.2) is 23.5 Å². The third-order valence-corrected chi connectivity index (χ3v) is 7.68. The molecule has 1 fully saturated rings. The highest BCUT2D eigenvalue weighted by Gasteiger charge is 2.43. The van der Waals surface area contributed by atoms with Crippen molar-refractivity contribution < 1.29 is 27.8 Å². The van der Waals surface area contributed by atoms with E-state index in [0.29, 0.717) is 40.2 Å². The molecule has 216 valence electrons. The smallest absolute Gasteiger partial charge is 0.335 e. The molecule has 2 aromatic heterocycles. The third kappa shape index (κ3) is 5.77. The zero-order valence-electron chi connectivity index (χ0n) is 22.7. The summed E-state index contributed by atoms with van der Waals surface area (Å²) in [4.78, 5) is 24.6. The molecule has 0 spiro atoms. The Morgan fingerprint density at radius 1 is 1.02 bits per heavy atom. The Morgan fingerprint density at radius 3 is 2.51 bits per heavy atom. The minimum atomic E-state index is -1.08. The summed E-state index contributed by atoms with van der Waals surface area (Å²) in [6.07, 6.45) is 3.00. The van der Waals surface area contributed by atoms with Crippen LogP contribution in [0.15, 0.2) is 66.9 Å². The number of nitriles is 1. The van der Waals surface area contributed by atoms with E-state index in [1.54, 1.807) is 24.3 Å². The molecule has 5 aromatic rings. The van der Waals surface area contributed by atoms with E-state index in [2.05, 4.69) is 15.0 Å². The highest BCUT2D eigenvalue weighted by Crippen LogP contribution is 2.48. The largest absolute Gasteiger partial charge is 0.478 e. The number of fused-ring (bicyclic) bond motifs is 1. The standard InChI is InChI=1S/C32H24F3N5O3/c33-17-32(8-9-32)18-40-28-13-22(30(41)42)5-6-27(28)38-29(40)14-20-3-4-21(12-25(20)35)26-7-10-37-31(39-26)43-16-23-2-1-19(15-36)11-24(23)34/h1-7,10-13H,8-9,14,16-18H2,(H,41,42). The maximum atomic E-state index is 15.5. The van der Waals surface area contributed by atoms with Gasteiger partial charge in [0.25, 0.3) is 0 Å². The average Bonchev–Trinajstić information content (AvgIpc) is 3.72. The molecule has 0 amide bonds. The Hall–Kier alpha value is -5.24. The summed E-state index contributed by atoms with van der Waals surface area (Å²) in [7, 11) is 0. The van der Waals surface area contributed by atoms with Gasteiger partial charge in [-0.05, 0) is 60.9 Å². The molecule has 2 heterocycles. The van der Waals surface area contributed by atoms with E-state index in [4.69, 9.17) is 10.00 Å². The van der Waals surface area contributed by atoms with Gasteiger partial charge in [-0.15, -0.1) is 0 Å². The average molecular weight is 584 g/mol. The van der Waals surface area contributed by atoms with Crippen molar-refractivity contribution in [3.63, 3.8) is 0 Å². The molecule has 3 aromatic carbocycles. The molecule has 0 saturated heterocycles. The number of hydrogen-bond acceptors (Lipinski definition) is 6. The molecular weight excluding hydrogens is 559 g/mol. The summed E-state index contributed by atoms with van der Waals surface area (Å²) >= 11 is 0. The molecule has 6 rings (SSSR count). The molecular formula is C32H24F3N5O3. The summed E-state index contributed by atoms with van der Waals surface area (Å²) < 4.78 is 50.9. The second-order valence-corrected chi connectivity index (χ2v) is 10.7. The minimum Gasteiger partial charge on any atom is -0.478 e. The number of rotatable bonds is 10. The molecule has 11 heteroatoms. The number of alkyl halides is 1. The first-order valence-electron chi connectivity index (χ1n) is 13.5. The first-order valence-corrected chi connectivity index (χ1v) is 13.5. The molecule has 8 nitrogen and oxygen atoms in total. The molecule has 0 atom stereocenters. The van der Waals surface area contributed by atoms with Crippen molar-refractivity contribution in [3.8, 4) is 23.3 Å². The van der Waals surface area contributed by atoms with Crippen molar-refractivity contribution >= 4 is 17.0 Å². The lowest BCUT2D eigenvalue weighted by molar-refractivity contribution is 0.0697. The molecule has 1 aliphatic rings. The number of halogens is 3. The predicted molar refractivity (Wildman–Crippen MR) is 150 cm³/mol. The zero-order valence-corrected chi connectivity index (χ0v) is 22.7.